The summed E-state index contributed by atoms with van der Waals surface area (Å²) in [6.07, 6.45) is 22.0. The minimum Gasteiger partial charge on any atom is -0.348 e. The third-order valence-corrected chi connectivity index (χ3v) is 6.13. The lowest BCUT2D eigenvalue weighted by Crippen LogP contribution is -2.47. The number of nitrogens with one attached hydrogen (secondary N) is 2. The van der Waals surface area contributed by atoms with E-state index < -0.39 is 11.8 Å². The number of carbonyl (C=O) groups is 2. The molecule has 29 heavy (non-hydrogen) atoms. The molecule has 0 unspecified atom stereocenters. The van der Waals surface area contributed by atoms with Crippen LogP contribution in [0.4, 0.5) is 0 Å². The van der Waals surface area contributed by atoms with E-state index in [4.69, 9.17) is 5.73 Å². The number of hydrogen-bond donors (Lipinski definition) is 3. The molecule has 0 heterocycles. The zero-order valence-corrected chi connectivity index (χ0v) is 19.0. The number of nitrogens with two attached hydrogens (primary N) is 1. The Hall–Kier alpha value is -1.10. The summed E-state index contributed by atoms with van der Waals surface area (Å²) >= 11 is 0. The van der Waals surface area contributed by atoms with Crippen LogP contribution in [0.3, 0.4) is 0 Å². The normalized spacial score (nSPS) is 19.1. The van der Waals surface area contributed by atoms with Gasteiger partial charge in [0.25, 0.3) is 0 Å². The van der Waals surface area contributed by atoms with Crippen molar-refractivity contribution in [2.75, 3.05) is 6.54 Å². The summed E-state index contributed by atoms with van der Waals surface area (Å²) in [5, 5.41) is 5.58. The van der Waals surface area contributed by atoms with Gasteiger partial charge in [0.05, 0.1) is 0 Å². The second-order valence-corrected chi connectivity index (χ2v) is 8.94. The molecule has 4 N–H and O–H groups in total. The minimum atomic E-state index is -0.491. The molecule has 0 radical (unpaired) electrons. The van der Waals surface area contributed by atoms with Crippen molar-refractivity contribution >= 4 is 11.8 Å². The Labute approximate surface area is 179 Å². The van der Waals surface area contributed by atoms with Crippen molar-refractivity contribution in [3.63, 3.8) is 0 Å². The van der Waals surface area contributed by atoms with E-state index in [1.54, 1.807) is 0 Å². The summed E-state index contributed by atoms with van der Waals surface area (Å²) in [6, 6.07) is 0.353. The molecular formula is C24H47N3O2. The van der Waals surface area contributed by atoms with Crippen LogP contribution in [-0.4, -0.2) is 30.4 Å². The first-order valence-electron chi connectivity index (χ1n) is 12.5. The van der Waals surface area contributed by atoms with Crippen molar-refractivity contribution in [3.05, 3.63) is 0 Å². The molecule has 1 aliphatic rings. The second kappa shape index (κ2) is 17.7. The van der Waals surface area contributed by atoms with Crippen molar-refractivity contribution in [2.45, 2.75) is 135 Å². The van der Waals surface area contributed by atoms with E-state index >= 15 is 0 Å². The zero-order valence-electron chi connectivity index (χ0n) is 19.0. The van der Waals surface area contributed by atoms with E-state index in [1.165, 1.54) is 77.0 Å². The third-order valence-electron chi connectivity index (χ3n) is 6.13. The summed E-state index contributed by atoms with van der Waals surface area (Å²) < 4.78 is 0. The first-order valence-corrected chi connectivity index (χ1v) is 12.5. The molecule has 0 aromatic carbocycles. The van der Waals surface area contributed by atoms with Crippen LogP contribution in [-0.2, 0) is 9.59 Å². The molecule has 5 heteroatoms. The monoisotopic (exact) mass is 409 g/mol. The highest BCUT2D eigenvalue weighted by atomic mass is 16.2. The standard InChI is InChI=1S/C24H47N3O2/c1-2-3-4-5-6-7-8-9-10-11-12-13-14-15-20-26-23(28)24(29)27-22-18-16-21(25)17-19-22/h21-22H,2-20,25H2,1H3,(H,26,28)(H,27,29). The van der Waals surface area contributed by atoms with Gasteiger partial charge in [-0.1, -0.05) is 90.4 Å². The maximum absolute atomic E-state index is 11.9. The summed E-state index contributed by atoms with van der Waals surface area (Å²) in [6.45, 7) is 2.87. The zero-order chi connectivity index (χ0) is 21.2. The van der Waals surface area contributed by atoms with Crippen LogP contribution in [0, 0.1) is 0 Å². The number of amides is 2. The fourth-order valence-electron chi connectivity index (χ4n) is 4.12. The van der Waals surface area contributed by atoms with E-state index in [2.05, 4.69) is 17.6 Å². The molecule has 170 valence electrons. The Morgan fingerprint density at radius 1 is 0.690 bits per heavy atom. The summed E-state index contributed by atoms with van der Waals surface area (Å²) in [4.78, 5) is 23.8. The predicted molar refractivity (Wildman–Crippen MR) is 122 cm³/mol. The molecule has 0 saturated heterocycles. The smallest absolute Gasteiger partial charge is 0.309 e. The summed E-state index contributed by atoms with van der Waals surface area (Å²) in [7, 11) is 0. The summed E-state index contributed by atoms with van der Waals surface area (Å²) in [5.41, 5.74) is 5.87. The quantitative estimate of drug-likeness (QED) is 0.248. The largest absolute Gasteiger partial charge is 0.348 e. The van der Waals surface area contributed by atoms with Crippen LogP contribution >= 0.6 is 0 Å². The minimum absolute atomic E-state index is 0.106. The average molecular weight is 410 g/mol. The van der Waals surface area contributed by atoms with Crippen LogP contribution in [0.1, 0.15) is 122 Å². The molecule has 0 spiro atoms. The Morgan fingerprint density at radius 3 is 1.62 bits per heavy atom. The maximum Gasteiger partial charge on any atom is 0.309 e. The third kappa shape index (κ3) is 14.5. The molecule has 2 amide bonds. The fraction of sp³-hybridized carbons (Fsp3) is 0.917. The Bertz CT molecular complexity index is 420. The highest BCUT2D eigenvalue weighted by Crippen LogP contribution is 2.16. The molecule has 0 aromatic heterocycles. The topological polar surface area (TPSA) is 84.2 Å². The summed E-state index contributed by atoms with van der Waals surface area (Å²) in [5.74, 6) is -0.981. The van der Waals surface area contributed by atoms with Gasteiger partial charge >= 0.3 is 11.8 Å². The number of carbonyl (C=O) groups excluding carboxylic acids is 2. The molecule has 5 nitrogen and oxygen atoms in total. The van der Waals surface area contributed by atoms with Gasteiger partial charge in [-0.2, -0.15) is 0 Å². The number of rotatable bonds is 16. The van der Waals surface area contributed by atoms with E-state index in [1.807, 2.05) is 0 Å². The lowest BCUT2D eigenvalue weighted by atomic mass is 9.92. The Kier molecular flexibility index (Phi) is 15.9. The van der Waals surface area contributed by atoms with Crippen LogP contribution in [0.5, 0.6) is 0 Å². The van der Waals surface area contributed by atoms with Gasteiger partial charge in [0.1, 0.15) is 0 Å². The molecule has 0 aromatic rings. The first kappa shape index (κ1) is 25.9. The molecule has 0 bridgehead atoms. The molecule has 1 aliphatic carbocycles. The molecule has 1 fully saturated rings. The van der Waals surface area contributed by atoms with Crippen LogP contribution in [0.2, 0.25) is 0 Å². The van der Waals surface area contributed by atoms with Crippen molar-refractivity contribution in [2.24, 2.45) is 5.73 Å². The molecule has 1 rings (SSSR count). The van der Waals surface area contributed by atoms with Gasteiger partial charge in [0, 0.05) is 18.6 Å². The first-order chi connectivity index (χ1) is 14.1. The number of hydrogen-bond acceptors (Lipinski definition) is 3. The van der Waals surface area contributed by atoms with E-state index in [0.29, 0.717) is 6.54 Å². The lowest BCUT2D eigenvalue weighted by molar-refractivity contribution is -0.139. The molecule has 0 aliphatic heterocycles. The van der Waals surface area contributed by atoms with Gasteiger partial charge in [-0.25, -0.2) is 0 Å². The van der Waals surface area contributed by atoms with Crippen LogP contribution < -0.4 is 16.4 Å². The highest BCUT2D eigenvalue weighted by molar-refractivity contribution is 6.35. The Balaban J connectivity index is 1.83. The average Bonchev–Trinajstić information content (AvgIpc) is 2.72. The van der Waals surface area contributed by atoms with Crippen molar-refractivity contribution in [1.82, 2.24) is 10.6 Å². The number of unbranched alkanes of at least 4 members (excludes halogenated alkanes) is 13. The van der Waals surface area contributed by atoms with Gasteiger partial charge in [-0.3, -0.25) is 9.59 Å². The predicted octanol–water partition coefficient (Wildman–Crippen LogP) is 4.97. The van der Waals surface area contributed by atoms with Gasteiger partial charge in [0.15, 0.2) is 0 Å². The second-order valence-electron chi connectivity index (χ2n) is 8.94. The van der Waals surface area contributed by atoms with Crippen LogP contribution in [0.15, 0.2) is 0 Å². The van der Waals surface area contributed by atoms with Gasteiger partial charge in [-0.05, 0) is 32.1 Å². The van der Waals surface area contributed by atoms with Gasteiger partial charge < -0.3 is 16.4 Å². The SMILES string of the molecule is CCCCCCCCCCCCCCCCNC(=O)C(=O)NC1CCC(N)CC1. The molecular weight excluding hydrogens is 362 g/mol. The maximum atomic E-state index is 11.9. The van der Waals surface area contributed by atoms with Gasteiger partial charge in [-0.15, -0.1) is 0 Å². The van der Waals surface area contributed by atoms with Gasteiger partial charge in [0.2, 0.25) is 0 Å². The van der Waals surface area contributed by atoms with E-state index in [9.17, 15) is 9.59 Å². The fourth-order valence-corrected chi connectivity index (χ4v) is 4.12. The molecule has 0 atom stereocenters. The van der Waals surface area contributed by atoms with Crippen molar-refractivity contribution in [1.29, 1.82) is 0 Å². The Morgan fingerprint density at radius 2 is 1.14 bits per heavy atom. The molecule has 1 saturated carbocycles. The lowest BCUT2D eigenvalue weighted by Gasteiger charge is -2.26. The van der Waals surface area contributed by atoms with Crippen LogP contribution in [0.25, 0.3) is 0 Å². The highest BCUT2D eigenvalue weighted by Gasteiger charge is 2.22. The van der Waals surface area contributed by atoms with Crippen molar-refractivity contribution < 1.29 is 9.59 Å². The van der Waals surface area contributed by atoms with E-state index in [-0.39, 0.29) is 12.1 Å². The van der Waals surface area contributed by atoms with E-state index in [0.717, 1.165) is 38.5 Å². The van der Waals surface area contributed by atoms with Crippen molar-refractivity contribution in [3.8, 4) is 0 Å².